The molecular weight excluding hydrogens is 494 g/mol. The largest absolute Gasteiger partial charge is 0.444 e. The maximum atomic E-state index is 12.3. The molecule has 1 atom stereocenters. The molecule has 200 valence electrons. The Morgan fingerprint density at radius 2 is 1.84 bits per heavy atom. The molecule has 0 fully saturated rings. The Bertz CT molecular complexity index is 1320. The van der Waals surface area contributed by atoms with Crippen LogP contribution in [0.2, 0.25) is 0 Å². The summed E-state index contributed by atoms with van der Waals surface area (Å²) in [5.41, 5.74) is 3.02. The van der Waals surface area contributed by atoms with Crippen molar-refractivity contribution in [1.29, 1.82) is 0 Å². The van der Waals surface area contributed by atoms with Crippen LogP contribution < -0.4 is 0 Å². The molecule has 10 nitrogen and oxygen atoms in total. The molecule has 0 spiro atoms. The molecule has 1 unspecified atom stereocenters. The first-order valence-electron chi connectivity index (χ1n) is 11.9. The van der Waals surface area contributed by atoms with Crippen molar-refractivity contribution in [3.63, 3.8) is 0 Å². The van der Waals surface area contributed by atoms with Crippen molar-refractivity contribution in [2.24, 2.45) is 0 Å². The number of carbonyl (C=O) groups excluding carboxylic acids is 1. The molecule has 4 rings (SSSR count). The minimum Gasteiger partial charge on any atom is -0.444 e. The molecule has 0 bridgehead atoms. The predicted octanol–water partition coefficient (Wildman–Crippen LogP) is 4.46. The van der Waals surface area contributed by atoms with Crippen molar-refractivity contribution in [2.45, 2.75) is 63.7 Å². The molecule has 11 heteroatoms. The number of aromatic nitrogens is 4. The predicted molar refractivity (Wildman–Crippen MR) is 143 cm³/mol. The van der Waals surface area contributed by atoms with Crippen LogP contribution in [-0.4, -0.2) is 64.8 Å². The lowest BCUT2D eigenvalue weighted by Crippen LogP contribution is -2.39. The average Bonchev–Trinajstić information content (AvgIpc) is 3.33. The van der Waals surface area contributed by atoms with Crippen molar-refractivity contribution >= 4 is 22.5 Å². The fourth-order valence-electron chi connectivity index (χ4n) is 3.63. The average molecular weight is 530 g/mol. The lowest BCUT2D eigenvalue weighted by Gasteiger charge is -2.28. The summed E-state index contributed by atoms with van der Waals surface area (Å²) < 4.78 is 23.8. The molecule has 1 amide bonds. The van der Waals surface area contributed by atoms with Gasteiger partial charge in [0.15, 0.2) is 0 Å². The first kappa shape index (κ1) is 28.1. The number of carbonyl (C=O) groups is 1. The minimum atomic E-state index is -1.05. The van der Waals surface area contributed by atoms with Gasteiger partial charge in [0.25, 0.3) is 5.89 Å². The minimum absolute atomic E-state index is 0. The maximum Gasteiger partial charge on any atom is 0.410 e. The van der Waals surface area contributed by atoms with E-state index in [2.05, 4.69) is 15.2 Å². The van der Waals surface area contributed by atoms with Gasteiger partial charge >= 0.3 is 6.09 Å². The van der Waals surface area contributed by atoms with E-state index in [-0.39, 0.29) is 24.1 Å². The van der Waals surface area contributed by atoms with Crippen molar-refractivity contribution in [3.05, 3.63) is 48.1 Å². The molecule has 0 saturated carbocycles. The van der Waals surface area contributed by atoms with Gasteiger partial charge in [0.05, 0.1) is 28.4 Å². The Labute approximate surface area is 220 Å². The van der Waals surface area contributed by atoms with E-state index in [1.54, 1.807) is 11.1 Å². The molecule has 1 aliphatic rings. The summed E-state index contributed by atoms with van der Waals surface area (Å²) in [5.74, 6) is 0.686. The molecule has 0 saturated heterocycles. The number of rotatable bonds is 5. The van der Waals surface area contributed by atoms with E-state index in [0.29, 0.717) is 42.5 Å². The van der Waals surface area contributed by atoms with E-state index >= 15 is 0 Å². The van der Waals surface area contributed by atoms with E-state index < -0.39 is 16.4 Å². The van der Waals surface area contributed by atoms with Gasteiger partial charge in [0.2, 0.25) is 5.89 Å². The van der Waals surface area contributed by atoms with Crippen LogP contribution >= 0.6 is 0 Å². The summed E-state index contributed by atoms with van der Waals surface area (Å²) in [6.07, 6.45) is 3.84. The first-order valence-corrected chi connectivity index (χ1v) is 13.1. The van der Waals surface area contributed by atoms with Gasteiger partial charge in [-0.25, -0.2) is 9.78 Å². The second-order valence-corrected chi connectivity index (χ2v) is 11.9. The zero-order chi connectivity index (χ0) is 26.0. The van der Waals surface area contributed by atoms with Gasteiger partial charge in [0, 0.05) is 35.8 Å². The SMILES string of the molecule is Cc1ncc(-c2ccc(S(=O)C(C)C)cc2)nc1-c1nnc(C2=CCN(C(=O)OC(C)(C)C)CC2)o1.O.[HH]. The third-order valence-corrected chi connectivity index (χ3v) is 7.12. The Morgan fingerprint density at radius 3 is 2.43 bits per heavy atom. The number of hydrogen-bond acceptors (Lipinski definition) is 8. The van der Waals surface area contributed by atoms with Crippen LogP contribution in [0, 0.1) is 6.92 Å². The highest BCUT2D eigenvalue weighted by Gasteiger charge is 2.26. The normalized spacial score (nSPS) is 14.7. The third kappa shape index (κ3) is 6.66. The lowest BCUT2D eigenvalue weighted by atomic mass is 10.1. The van der Waals surface area contributed by atoms with Gasteiger partial charge < -0.3 is 19.5 Å². The van der Waals surface area contributed by atoms with Gasteiger partial charge in [-0.15, -0.1) is 10.2 Å². The quantitative estimate of drug-likeness (QED) is 0.471. The van der Waals surface area contributed by atoms with E-state index in [1.165, 1.54) is 0 Å². The van der Waals surface area contributed by atoms with Gasteiger partial charge in [-0.1, -0.05) is 32.1 Å². The van der Waals surface area contributed by atoms with E-state index in [0.717, 1.165) is 16.0 Å². The molecule has 1 aliphatic heterocycles. The maximum absolute atomic E-state index is 12.3. The van der Waals surface area contributed by atoms with Crippen LogP contribution in [-0.2, 0) is 15.5 Å². The van der Waals surface area contributed by atoms with Crippen LogP contribution in [0.15, 0.2) is 45.9 Å². The third-order valence-electron chi connectivity index (χ3n) is 5.53. The summed E-state index contributed by atoms with van der Waals surface area (Å²) in [5, 5.41) is 8.48. The van der Waals surface area contributed by atoms with Gasteiger partial charge in [-0.2, -0.15) is 0 Å². The highest BCUT2D eigenvalue weighted by Crippen LogP contribution is 2.28. The smallest absolute Gasteiger partial charge is 0.410 e. The Kier molecular flexibility index (Phi) is 8.60. The van der Waals surface area contributed by atoms with Crippen LogP contribution in [0.5, 0.6) is 0 Å². The number of benzene rings is 1. The second-order valence-electron chi connectivity index (χ2n) is 9.88. The van der Waals surface area contributed by atoms with Gasteiger partial charge in [0.1, 0.15) is 11.3 Å². The van der Waals surface area contributed by atoms with Gasteiger partial charge in [-0.05, 0) is 46.2 Å². The molecule has 0 aliphatic carbocycles. The van der Waals surface area contributed by atoms with Crippen LogP contribution in [0.4, 0.5) is 4.79 Å². The number of amides is 1. The first-order chi connectivity index (χ1) is 17.0. The fourth-order valence-corrected chi connectivity index (χ4v) is 4.58. The summed E-state index contributed by atoms with van der Waals surface area (Å²) in [6, 6.07) is 7.49. The zero-order valence-electron chi connectivity index (χ0n) is 21.9. The number of nitrogens with zero attached hydrogens (tertiary/aromatic N) is 5. The van der Waals surface area contributed by atoms with Crippen molar-refractivity contribution in [3.8, 4) is 22.8 Å². The highest BCUT2D eigenvalue weighted by molar-refractivity contribution is 7.85. The number of ether oxygens (including phenoxy) is 1. The van der Waals surface area contributed by atoms with Crippen LogP contribution in [0.1, 0.15) is 54.1 Å². The Morgan fingerprint density at radius 1 is 1.16 bits per heavy atom. The van der Waals surface area contributed by atoms with E-state index in [9.17, 15) is 9.00 Å². The molecule has 3 aromatic rings. The molecule has 3 heterocycles. The standard InChI is InChI=1S/C26H31N5O4S.H2O.H2/c1-16(2)36(33)20-9-7-18(8-10-20)21-15-27-17(3)22(28-21)24-30-29-23(34-24)19-11-13-31(14-12-19)25(32)35-26(4,5)6;;/h7-11,15-16H,12-14H2,1-6H3;1H2;1H. The van der Waals surface area contributed by atoms with Crippen molar-refractivity contribution in [2.75, 3.05) is 13.1 Å². The number of aryl methyl sites for hydroxylation is 1. The summed E-state index contributed by atoms with van der Waals surface area (Å²) in [4.78, 5) is 23.9. The molecule has 2 N–H and O–H groups in total. The van der Waals surface area contributed by atoms with E-state index in [4.69, 9.17) is 14.1 Å². The molecule has 1 aromatic carbocycles. The van der Waals surface area contributed by atoms with Crippen molar-refractivity contribution in [1.82, 2.24) is 25.1 Å². The topological polar surface area (TPSA) is 143 Å². The van der Waals surface area contributed by atoms with Crippen LogP contribution in [0.25, 0.3) is 28.4 Å². The van der Waals surface area contributed by atoms with Crippen LogP contribution in [0.3, 0.4) is 0 Å². The molecule has 2 aromatic heterocycles. The Hall–Kier alpha value is -3.44. The molecular formula is C26H35N5O5S. The summed E-state index contributed by atoms with van der Waals surface area (Å²) in [6.45, 7) is 12.2. The van der Waals surface area contributed by atoms with Crippen molar-refractivity contribution < 1.29 is 25.1 Å². The van der Waals surface area contributed by atoms with Gasteiger partial charge in [-0.3, -0.25) is 9.19 Å². The summed E-state index contributed by atoms with van der Waals surface area (Å²) >= 11 is 0. The summed E-state index contributed by atoms with van der Waals surface area (Å²) in [7, 11) is -1.05. The van der Waals surface area contributed by atoms with E-state index in [1.807, 2.05) is 71.9 Å². The monoisotopic (exact) mass is 529 g/mol. The highest BCUT2D eigenvalue weighted by atomic mass is 32.2. The molecule has 0 radical (unpaired) electrons. The lowest BCUT2D eigenvalue weighted by molar-refractivity contribution is 0.0270. The molecule has 37 heavy (non-hydrogen) atoms. The number of hydrogen-bond donors (Lipinski definition) is 0. The second kappa shape index (κ2) is 11.3. The Balaban J connectivity index is 0.00000253. The fraction of sp³-hybridized carbons (Fsp3) is 0.423. The zero-order valence-corrected chi connectivity index (χ0v) is 22.8.